The molecule has 0 saturated carbocycles. The van der Waals surface area contributed by atoms with Crippen LogP contribution in [0.5, 0.6) is 0 Å². The third-order valence-electron chi connectivity index (χ3n) is 12.3. The first kappa shape index (κ1) is 54.1. The number of hydrogen-bond donors (Lipinski definition) is 3. The van der Waals surface area contributed by atoms with Crippen molar-refractivity contribution in [1.82, 2.24) is 0 Å². The van der Waals surface area contributed by atoms with Gasteiger partial charge in [-0.05, 0) is 100.0 Å². The molecular weight excluding hydrogens is 983 g/mol. The second-order valence-electron chi connectivity index (χ2n) is 17.1. The van der Waals surface area contributed by atoms with Gasteiger partial charge in [-0.3, -0.25) is 0 Å². The molecule has 1 saturated heterocycles. The largest absolute Gasteiger partial charge is 1.00 e. The molecule has 1 fully saturated rings. The van der Waals surface area contributed by atoms with Crippen LogP contribution in [0, 0.1) is 12.8 Å². The molecule has 7 nitrogen and oxygen atoms in total. The maximum Gasteiger partial charge on any atom is 1.00 e. The third-order valence-corrected chi connectivity index (χ3v) is 24.8. The molecule has 6 atom stereocenters. The number of aliphatic hydroxyl groups excluding tert-OH is 3. The molecule has 6 aromatic carbocycles. The zero-order valence-electron chi connectivity index (χ0n) is 38.7. The van der Waals surface area contributed by atoms with Crippen molar-refractivity contribution in [2.75, 3.05) is 38.3 Å². The van der Waals surface area contributed by atoms with E-state index in [4.69, 9.17) is 18.0 Å². The first-order valence-corrected chi connectivity index (χ1v) is 29.8. The molecule has 351 valence electrons. The van der Waals surface area contributed by atoms with Gasteiger partial charge in [0.05, 0.1) is 98.3 Å². The van der Waals surface area contributed by atoms with E-state index in [9.17, 15) is 15.3 Å². The standard InChI is InChI=1S/C53H63O7P3Si.CH3.Ru/c1-4-58-64(59-43(3)52(60-64)51(56)50(55)42(2)54)37-23-36-57-38-53(39-61(44-24-11-5-12-25-44)45-26-13-6-14-27-45,40-62(46-28-15-7-16-29-46)47-30-17-8-18-31-47)41-63(48-32-19-9-20-33-48)49-34-21-10-22-35-49;;/h5-22,24-35,42-43,50-52,54-56H,4,23,36-41H2,1-3H3;1H3;/q;-1;+1/p+3. The Morgan fingerprint density at radius 1 is 0.576 bits per heavy atom. The van der Waals surface area contributed by atoms with Crippen molar-refractivity contribution in [2.45, 2.75) is 63.8 Å². The van der Waals surface area contributed by atoms with E-state index >= 15 is 0 Å². The van der Waals surface area contributed by atoms with Gasteiger partial charge in [0.25, 0.3) is 0 Å². The molecule has 12 heteroatoms. The summed E-state index contributed by atoms with van der Waals surface area (Å²) in [5.41, 5.74) is -0.254. The Kier molecular flexibility index (Phi) is 22.0. The molecule has 7 rings (SSSR count). The smallest absolute Gasteiger partial charge is 0.391 e. The average molecular weight is 1050 g/mol. The van der Waals surface area contributed by atoms with E-state index in [1.165, 1.54) is 38.8 Å². The Balaban J connectivity index is 0.00000408. The van der Waals surface area contributed by atoms with Crippen molar-refractivity contribution in [1.29, 1.82) is 0 Å². The van der Waals surface area contributed by atoms with E-state index in [0.29, 0.717) is 32.3 Å². The van der Waals surface area contributed by atoms with Crippen LogP contribution >= 0.6 is 23.8 Å². The first-order chi connectivity index (χ1) is 31.2. The van der Waals surface area contributed by atoms with Crippen LogP contribution in [0.25, 0.3) is 0 Å². The van der Waals surface area contributed by atoms with Crippen LogP contribution in [0.4, 0.5) is 0 Å². The van der Waals surface area contributed by atoms with Crippen molar-refractivity contribution < 1.29 is 52.8 Å². The van der Waals surface area contributed by atoms with Gasteiger partial charge in [-0.15, -0.1) is 0 Å². The van der Waals surface area contributed by atoms with E-state index in [2.05, 4.69) is 182 Å². The maximum atomic E-state index is 11.0. The molecule has 0 aliphatic carbocycles. The monoisotopic (exact) mass is 1050 g/mol. The van der Waals surface area contributed by atoms with Crippen LogP contribution in [0.15, 0.2) is 182 Å². The zero-order valence-corrected chi connectivity index (χ0v) is 44.4. The van der Waals surface area contributed by atoms with Crippen LogP contribution in [0.3, 0.4) is 0 Å². The zero-order chi connectivity index (χ0) is 44.8. The second kappa shape index (κ2) is 26.8. The fraction of sp³-hybridized carbons (Fsp3) is 0.315. The summed E-state index contributed by atoms with van der Waals surface area (Å²) in [4.78, 5) is 0. The summed E-state index contributed by atoms with van der Waals surface area (Å²) in [6, 6.07) is 67.5. The van der Waals surface area contributed by atoms with Gasteiger partial charge < -0.3 is 40.8 Å². The Bertz CT molecular complexity index is 1920. The summed E-state index contributed by atoms with van der Waals surface area (Å²) in [6.45, 7) is 6.65. The van der Waals surface area contributed by atoms with Gasteiger partial charge in [-0.1, -0.05) is 109 Å². The molecule has 1 aliphatic rings. The summed E-state index contributed by atoms with van der Waals surface area (Å²) in [6.07, 6.45) is -1.54. The van der Waals surface area contributed by atoms with Crippen molar-refractivity contribution >= 4 is 64.4 Å². The second-order valence-corrected chi connectivity index (χ2v) is 27.1. The normalized spacial score (nSPS) is 18.7. The first-order valence-electron chi connectivity index (χ1n) is 22.7. The number of hydrogen-bond acceptors (Lipinski definition) is 7. The van der Waals surface area contributed by atoms with Gasteiger partial charge in [0.15, 0.2) is 0 Å². The predicted molar refractivity (Wildman–Crippen MR) is 282 cm³/mol. The average Bonchev–Trinajstić information content (AvgIpc) is 3.67. The molecule has 0 bridgehead atoms. The number of benzene rings is 6. The number of aliphatic hydroxyl groups is 3. The Morgan fingerprint density at radius 2 is 0.909 bits per heavy atom. The van der Waals surface area contributed by atoms with E-state index in [1.54, 1.807) is 0 Å². The van der Waals surface area contributed by atoms with Gasteiger partial charge >= 0.3 is 28.3 Å². The molecule has 0 amide bonds. The predicted octanol–water partition coefficient (Wildman–Crippen LogP) is 7.30. The molecule has 66 heavy (non-hydrogen) atoms. The van der Waals surface area contributed by atoms with Crippen molar-refractivity contribution in [3.63, 3.8) is 0 Å². The van der Waals surface area contributed by atoms with E-state index in [0.717, 1.165) is 18.5 Å². The molecule has 1 heterocycles. The summed E-state index contributed by atoms with van der Waals surface area (Å²) < 4.78 is 26.3. The summed E-state index contributed by atoms with van der Waals surface area (Å²) in [7, 11) is -7.28. The van der Waals surface area contributed by atoms with Crippen LogP contribution in [-0.4, -0.2) is 93.0 Å². The van der Waals surface area contributed by atoms with Gasteiger partial charge in [0.1, 0.15) is 18.3 Å². The fourth-order valence-corrected chi connectivity index (χ4v) is 22.0. The molecule has 1 radical (unpaired) electrons. The molecule has 3 N–H and O–H groups in total. The summed E-state index contributed by atoms with van der Waals surface area (Å²) in [5.74, 6) is 0. The molecule has 1 aliphatic heterocycles. The molecule has 6 unspecified atom stereocenters. The van der Waals surface area contributed by atoms with Crippen LogP contribution < -0.4 is 31.8 Å². The quantitative estimate of drug-likeness (QED) is 0.0269. The summed E-state index contributed by atoms with van der Waals surface area (Å²) in [5, 5.41) is 40.0. The van der Waals surface area contributed by atoms with Gasteiger partial charge in [0, 0.05) is 19.3 Å². The minimum Gasteiger partial charge on any atom is -0.391 e. The fourth-order valence-electron chi connectivity index (χ4n) is 9.08. The van der Waals surface area contributed by atoms with Crippen molar-refractivity contribution in [2.24, 2.45) is 5.41 Å². The minimum atomic E-state index is -3.26. The Labute approximate surface area is 411 Å². The van der Waals surface area contributed by atoms with Gasteiger partial charge in [-0.2, -0.15) is 0 Å². The van der Waals surface area contributed by atoms with Gasteiger partial charge in [-0.25, -0.2) is 0 Å². The minimum absolute atomic E-state index is 0. The third kappa shape index (κ3) is 14.4. The maximum absolute atomic E-state index is 11.0. The van der Waals surface area contributed by atoms with Crippen molar-refractivity contribution in [3.05, 3.63) is 189 Å². The van der Waals surface area contributed by atoms with E-state index < -0.39 is 63.1 Å². The molecule has 0 aromatic heterocycles. The molecular formula is C54H69O7P3RuSi+3. The van der Waals surface area contributed by atoms with Crippen LogP contribution in [0.1, 0.15) is 27.2 Å². The Hall–Kier alpha value is -2.83. The molecule has 6 aromatic rings. The summed E-state index contributed by atoms with van der Waals surface area (Å²) >= 11 is 0. The number of rotatable bonds is 23. The topological polar surface area (TPSA) is 97.6 Å². The van der Waals surface area contributed by atoms with E-state index in [-0.39, 0.29) is 32.3 Å². The SMILES string of the molecule is CCO[Si]1(CCCOCC(C[PH+](c2ccccc2)c2ccccc2)(C[PH+](c2ccccc2)c2ccccc2)C[PH+](c2ccccc2)c2ccccc2)OC(C)C(C(O)C(O)C(C)O)O1.[CH3-].[Ru+]. The molecule has 0 spiro atoms. The van der Waals surface area contributed by atoms with Gasteiger partial charge in [0.2, 0.25) is 0 Å². The van der Waals surface area contributed by atoms with Crippen LogP contribution in [0.2, 0.25) is 6.04 Å². The Morgan fingerprint density at radius 3 is 1.21 bits per heavy atom. The van der Waals surface area contributed by atoms with Crippen LogP contribution in [-0.2, 0) is 37.5 Å². The number of ether oxygens (including phenoxy) is 1. The van der Waals surface area contributed by atoms with Crippen molar-refractivity contribution in [3.8, 4) is 0 Å². The van der Waals surface area contributed by atoms with E-state index in [1.807, 2.05) is 13.8 Å².